The molecule has 1 atom stereocenters. The van der Waals surface area contributed by atoms with Crippen LogP contribution >= 0.6 is 11.6 Å². The van der Waals surface area contributed by atoms with E-state index in [1.807, 2.05) is 0 Å². The zero-order valence-corrected chi connectivity index (χ0v) is 16.4. The van der Waals surface area contributed by atoms with E-state index in [1.165, 1.54) is 18.5 Å². The van der Waals surface area contributed by atoms with Crippen LogP contribution in [-0.4, -0.2) is 39.4 Å². The normalized spacial score (nSPS) is 12.9. The number of pyridine rings is 1. The van der Waals surface area contributed by atoms with Gasteiger partial charge >= 0.3 is 12.3 Å². The number of nitrogens with zero attached hydrogens (tertiary/aromatic N) is 3. The van der Waals surface area contributed by atoms with E-state index in [-0.39, 0.29) is 18.3 Å². The van der Waals surface area contributed by atoms with Gasteiger partial charge in [-0.05, 0) is 25.1 Å². The minimum atomic E-state index is -4.29. The molecule has 2 heterocycles. The second-order valence-corrected chi connectivity index (χ2v) is 6.93. The quantitative estimate of drug-likeness (QED) is 0.528. The smallest absolute Gasteiger partial charge is 0.340 e. The minimum absolute atomic E-state index is 0.0542. The van der Waals surface area contributed by atoms with Crippen LogP contribution in [0.25, 0.3) is 11.0 Å². The number of alkyl halides is 4. The van der Waals surface area contributed by atoms with Crippen LogP contribution < -0.4 is 10.1 Å². The first kappa shape index (κ1) is 21.8. The summed E-state index contributed by atoms with van der Waals surface area (Å²) < 4.78 is 56.8. The van der Waals surface area contributed by atoms with E-state index in [0.717, 1.165) is 0 Å². The number of amides is 1. The molecule has 0 radical (unpaired) electrons. The van der Waals surface area contributed by atoms with Crippen molar-refractivity contribution in [3.63, 3.8) is 0 Å². The Hall–Kier alpha value is -2.88. The molecule has 3 rings (SSSR count). The molecule has 11 heteroatoms. The zero-order valence-electron chi connectivity index (χ0n) is 15.7. The molecule has 1 unspecified atom stereocenters. The zero-order chi connectivity index (χ0) is 21.9. The van der Waals surface area contributed by atoms with Gasteiger partial charge in [-0.3, -0.25) is 4.79 Å². The van der Waals surface area contributed by atoms with Gasteiger partial charge in [0.2, 0.25) is 11.8 Å². The second kappa shape index (κ2) is 8.86. The van der Waals surface area contributed by atoms with Crippen LogP contribution in [0, 0.1) is 0 Å². The third-order valence-electron chi connectivity index (χ3n) is 4.20. The highest BCUT2D eigenvalue weighted by molar-refractivity contribution is 6.35. The number of imidazole rings is 1. The number of carbonyl (C=O) groups excluding carboxylic acids is 1. The predicted molar refractivity (Wildman–Crippen MR) is 102 cm³/mol. The van der Waals surface area contributed by atoms with Crippen LogP contribution in [0.2, 0.25) is 5.02 Å². The fourth-order valence-electron chi connectivity index (χ4n) is 2.70. The second-order valence-electron chi connectivity index (χ2n) is 6.52. The number of hydrogen-bond donors (Lipinski definition) is 1. The van der Waals surface area contributed by atoms with Gasteiger partial charge in [0.25, 0.3) is 0 Å². The van der Waals surface area contributed by atoms with Crippen molar-refractivity contribution in [1.82, 2.24) is 19.9 Å². The fraction of sp³-hybridized carbons (Fsp3) is 0.316. The van der Waals surface area contributed by atoms with Crippen molar-refractivity contribution in [1.29, 1.82) is 0 Å². The summed E-state index contributed by atoms with van der Waals surface area (Å²) in [5.74, 6) is -4.90. The summed E-state index contributed by atoms with van der Waals surface area (Å²) in [7, 11) is 0. The average Bonchev–Trinajstić information content (AvgIpc) is 3.10. The molecule has 1 N–H and O–H groups in total. The Labute approximate surface area is 173 Å². The molecule has 1 aromatic carbocycles. The minimum Gasteiger partial charge on any atom is -0.471 e. The van der Waals surface area contributed by atoms with Gasteiger partial charge in [0.1, 0.15) is 6.54 Å². The molecule has 0 bridgehead atoms. The molecule has 30 heavy (non-hydrogen) atoms. The summed E-state index contributed by atoms with van der Waals surface area (Å²) in [6.07, 6.45) is -2.34. The summed E-state index contributed by atoms with van der Waals surface area (Å²) in [5, 5.41) is 3.18. The number of para-hydroxylation sites is 1. The summed E-state index contributed by atoms with van der Waals surface area (Å²) in [4.78, 5) is 20.6. The predicted octanol–water partition coefficient (Wildman–Crippen LogP) is 4.24. The summed E-state index contributed by atoms with van der Waals surface area (Å²) in [5.41, 5.74) is 1.58. The van der Waals surface area contributed by atoms with Gasteiger partial charge < -0.3 is 14.6 Å². The van der Waals surface area contributed by atoms with Gasteiger partial charge in [-0.2, -0.15) is 8.78 Å². The van der Waals surface area contributed by atoms with Crippen LogP contribution in [-0.2, 0) is 11.3 Å². The van der Waals surface area contributed by atoms with Crippen LogP contribution in [0.5, 0.6) is 5.88 Å². The molecule has 2 aromatic heterocycles. The molecule has 1 amide bonds. The fourth-order valence-corrected chi connectivity index (χ4v) is 2.98. The van der Waals surface area contributed by atoms with Gasteiger partial charge in [-0.15, -0.1) is 0 Å². The Morgan fingerprint density at radius 2 is 2.00 bits per heavy atom. The maximum absolute atomic E-state index is 13.0. The average molecular weight is 445 g/mol. The highest BCUT2D eigenvalue weighted by atomic mass is 35.5. The number of hydrogen-bond acceptors (Lipinski definition) is 4. The number of carbonyl (C=O) groups is 1. The van der Waals surface area contributed by atoms with E-state index in [4.69, 9.17) is 16.3 Å². The van der Waals surface area contributed by atoms with E-state index >= 15 is 0 Å². The lowest BCUT2D eigenvalue weighted by molar-refractivity contribution is -0.148. The highest BCUT2D eigenvalue weighted by Crippen LogP contribution is 2.25. The maximum Gasteiger partial charge on any atom is 0.340 e. The van der Waals surface area contributed by atoms with E-state index in [9.17, 15) is 22.4 Å². The van der Waals surface area contributed by atoms with Gasteiger partial charge in [0.05, 0.1) is 34.1 Å². The largest absolute Gasteiger partial charge is 0.471 e. The SMILES string of the molecule is CC(NC(=O)Cn1cnc2cccc(Cl)c21)c1cccc(OCC(F)(F)C(F)F)n1. The van der Waals surface area contributed by atoms with Crippen LogP contribution in [0.4, 0.5) is 17.6 Å². The van der Waals surface area contributed by atoms with Gasteiger partial charge in [0, 0.05) is 6.07 Å². The molecule has 0 spiro atoms. The van der Waals surface area contributed by atoms with Crippen LogP contribution in [0.3, 0.4) is 0 Å². The maximum atomic E-state index is 13.0. The van der Waals surface area contributed by atoms with E-state index in [0.29, 0.717) is 21.7 Å². The first-order valence-electron chi connectivity index (χ1n) is 8.82. The molecule has 6 nitrogen and oxygen atoms in total. The van der Waals surface area contributed by atoms with Crippen molar-refractivity contribution < 1.29 is 27.1 Å². The molecule has 0 saturated carbocycles. The Bertz CT molecular complexity index is 1040. The van der Waals surface area contributed by atoms with Crippen molar-refractivity contribution >= 4 is 28.5 Å². The van der Waals surface area contributed by atoms with Crippen molar-refractivity contribution in [2.24, 2.45) is 0 Å². The summed E-state index contributed by atoms with van der Waals surface area (Å²) in [6, 6.07) is 8.89. The summed E-state index contributed by atoms with van der Waals surface area (Å²) in [6.45, 7) is 0.0778. The molecule has 3 aromatic rings. The number of halogens is 5. The van der Waals surface area contributed by atoms with Crippen molar-refractivity contribution in [2.45, 2.75) is 31.9 Å². The number of benzene rings is 1. The molecular weight excluding hydrogens is 428 g/mol. The van der Waals surface area contributed by atoms with Crippen molar-refractivity contribution in [3.05, 3.63) is 53.4 Å². The molecule has 0 aliphatic carbocycles. The molecule has 160 valence electrons. The molecule has 0 saturated heterocycles. The number of rotatable bonds is 8. The lowest BCUT2D eigenvalue weighted by atomic mass is 10.2. The standard InChI is InChI=1S/C19H17ClF4N4O2/c1-11(13-5-3-7-16(27-13)30-9-19(23,24)18(21)22)26-15(29)8-28-10-25-14-6-2-4-12(20)17(14)28/h2-7,10-11,18H,8-9H2,1H3,(H,26,29). The Kier molecular flexibility index (Phi) is 6.45. The van der Waals surface area contributed by atoms with E-state index in [2.05, 4.69) is 15.3 Å². The number of nitrogens with one attached hydrogen (secondary N) is 1. The van der Waals surface area contributed by atoms with E-state index < -0.39 is 25.0 Å². The lowest BCUT2D eigenvalue weighted by Gasteiger charge is -2.17. The lowest BCUT2D eigenvalue weighted by Crippen LogP contribution is -2.34. The number of ether oxygens (including phenoxy) is 1. The van der Waals surface area contributed by atoms with Crippen molar-refractivity contribution in [2.75, 3.05) is 6.61 Å². The molecule has 0 aliphatic heterocycles. The Morgan fingerprint density at radius 3 is 2.73 bits per heavy atom. The Balaban J connectivity index is 1.64. The van der Waals surface area contributed by atoms with Gasteiger partial charge in [-0.25, -0.2) is 18.7 Å². The van der Waals surface area contributed by atoms with Gasteiger partial charge in [0.15, 0.2) is 6.61 Å². The molecular formula is C19H17ClF4N4O2. The van der Waals surface area contributed by atoms with E-state index in [1.54, 1.807) is 35.8 Å². The van der Waals surface area contributed by atoms with Crippen molar-refractivity contribution in [3.8, 4) is 5.88 Å². The monoisotopic (exact) mass is 444 g/mol. The highest BCUT2D eigenvalue weighted by Gasteiger charge is 2.41. The first-order chi connectivity index (χ1) is 14.2. The van der Waals surface area contributed by atoms with Crippen LogP contribution in [0.15, 0.2) is 42.7 Å². The molecule has 0 aliphatic rings. The number of fused-ring (bicyclic) bond motifs is 1. The number of aromatic nitrogens is 3. The van der Waals surface area contributed by atoms with Crippen LogP contribution in [0.1, 0.15) is 18.7 Å². The Morgan fingerprint density at radius 1 is 1.27 bits per heavy atom. The van der Waals surface area contributed by atoms with Gasteiger partial charge in [-0.1, -0.05) is 23.7 Å². The summed E-state index contributed by atoms with van der Waals surface area (Å²) >= 11 is 6.17. The topological polar surface area (TPSA) is 69.0 Å². The third-order valence-corrected chi connectivity index (χ3v) is 4.51. The molecule has 0 fully saturated rings. The first-order valence-corrected chi connectivity index (χ1v) is 9.19. The third kappa shape index (κ3) is 4.99.